The van der Waals surface area contributed by atoms with Crippen LogP contribution in [0.5, 0.6) is 11.5 Å². The molecule has 0 aliphatic carbocycles. The molecule has 12 aromatic rings. The first-order valence-corrected chi connectivity index (χ1v) is 51.8. The molecule has 130 heavy (non-hydrogen) atoms. The molecule has 12 heterocycles. The Bertz CT molecular complexity index is 7130. The third-order valence-electron chi connectivity index (χ3n) is 22.5. The van der Waals surface area contributed by atoms with Crippen LogP contribution in [0.25, 0.3) is 65.8 Å². The molecule has 0 N–H and O–H groups in total. The molecule has 18 rings (SSSR count). The van der Waals surface area contributed by atoms with E-state index in [0.717, 1.165) is 105 Å². The molecule has 0 radical (unpaired) electrons. The van der Waals surface area contributed by atoms with Gasteiger partial charge in [-0.3, -0.25) is 0 Å². The van der Waals surface area contributed by atoms with E-state index in [0.29, 0.717) is 151 Å². The minimum absolute atomic E-state index is 0.113. The van der Waals surface area contributed by atoms with E-state index in [1.807, 2.05) is 13.0 Å². The average molecular weight is 1990 g/mol. The molecule has 0 bridgehead atoms. The molecule has 0 unspecified atom stereocenters. The Hall–Kier alpha value is -9.66. The molecule has 0 amide bonds. The number of hydrogen-bond acceptors (Lipinski definition) is 26. The van der Waals surface area contributed by atoms with Gasteiger partial charge in [0.15, 0.2) is 40.7 Å². The summed E-state index contributed by atoms with van der Waals surface area (Å²) in [5, 5.41) is 3.52. The normalized spacial score (nSPS) is 16.7. The summed E-state index contributed by atoms with van der Waals surface area (Å²) in [6.07, 6.45) is 9.70. The maximum atomic E-state index is 13.2. The number of hydrogen-bond donors (Lipinski definition) is 0. The number of methoxy groups -OCH3 is 1. The predicted octanol–water partition coefficient (Wildman–Crippen LogP) is 14.0. The van der Waals surface area contributed by atoms with Crippen LogP contribution in [-0.4, -0.2) is 169 Å². The van der Waals surface area contributed by atoms with Crippen LogP contribution in [-0.2, 0) is 71.0 Å². The molecular weight excluding hydrogens is 1900 g/mol. The maximum absolute atomic E-state index is 13.2. The van der Waals surface area contributed by atoms with Gasteiger partial charge in [-0.25, -0.2) is 83.7 Å². The lowest BCUT2D eigenvalue weighted by Gasteiger charge is -2.26. The van der Waals surface area contributed by atoms with E-state index in [-0.39, 0.29) is 51.9 Å². The van der Waals surface area contributed by atoms with E-state index in [1.54, 1.807) is 72.8 Å². The highest BCUT2D eigenvalue weighted by atomic mass is 79.9. The SMILES string of the molecule is CC(C)(C)c1cc(C(C)(C)C)c2oc(=O)c(S(=O)(=O)N3CCCC3)cc2c1.CCOc1cccc2cc(S(=O)(=O)N3CCCC3)c(=O)oc12.COc1ccc2cc(S(=O)(=O)N3CCCC3)c(=O)oc2c1.O=c1oc2ccc(Br)cc2cc1S(=O)(=O)N1CCCC1.O=c1oc2ccc(Cl)cc2cc1S(=O)(=O)N1CCCC1.O=c1oc2ccc(F)cc2cc1S(=O)(=O)N1CCCC1. The summed E-state index contributed by atoms with van der Waals surface area (Å²) in [7, 11) is -21.3. The van der Waals surface area contributed by atoms with Crippen LogP contribution in [0.4, 0.5) is 4.39 Å². The van der Waals surface area contributed by atoms with Crippen molar-refractivity contribution in [3.63, 3.8) is 0 Å². The van der Waals surface area contributed by atoms with Gasteiger partial charge in [0, 0.05) is 132 Å². The van der Waals surface area contributed by atoms with Crippen LogP contribution in [0.2, 0.25) is 5.02 Å². The largest absolute Gasteiger partial charge is 0.497 e. The standard InChI is InChI=1S/C21H29NO4S.C15H17NO5S.C14H15NO5S.C13H12BrNO4S.C13H12ClNO4S.C13H12FNO4S/c1-20(2,3)15-11-14-12-17(27(24,25)22-9-7-8-10-22)19(23)26-18(14)16(13-15)21(4,5)6;1-2-20-12-7-5-6-11-10-13(15(17)21-14(11)12)22(18,19)16-8-3-4-9-16;1-19-11-5-4-10-8-13(14(16)20-12(10)9-11)21(17,18)15-6-2-3-7-15;3*14-10-3-4-11-9(7-10)8-12(13(16)19-11)20(17,18)15-5-1-2-6-15/h11-13H,7-10H2,1-6H3;5-7,10H,2-4,8-9H2,1H3;4-5,8-9H,2-3,6-7H2,1H3;3*3-4,7-8H,1-2,5-6H2. The van der Waals surface area contributed by atoms with Crippen molar-refractivity contribution in [2.75, 3.05) is 92.3 Å². The minimum Gasteiger partial charge on any atom is -0.497 e. The highest BCUT2D eigenvalue weighted by molar-refractivity contribution is 9.10. The van der Waals surface area contributed by atoms with Crippen molar-refractivity contribution in [1.82, 2.24) is 25.8 Å². The van der Waals surface area contributed by atoms with Gasteiger partial charge in [-0.05, 0) is 216 Å². The van der Waals surface area contributed by atoms with E-state index >= 15 is 0 Å². The first kappa shape index (κ1) is 97.9. The zero-order valence-electron chi connectivity index (χ0n) is 72.3. The lowest BCUT2D eigenvalue weighted by Crippen LogP contribution is -2.31. The van der Waals surface area contributed by atoms with Crippen molar-refractivity contribution in [3.05, 3.63) is 228 Å². The van der Waals surface area contributed by atoms with Gasteiger partial charge < -0.3 is 36.0 Å². The summed E-state index contributed by atoms with van der Waals surface area (Å²) in [6.45, 7) is 20.0. The monoisotopic (exact) mass is 1990 g/mol. The topological polar surface area (TPSA) is 424 Å². The minimum atomic E-state index is -3.87. The molecule has 0 atom stereocenters. The molecule has 6 fully saturated rings. The molecule has 6 saturated heterocycles. The van der Waals surface area contributed by atoms with E-state index in [9.17, 15) is 83.7 Å². The Kier molecular flexibility index (Phi) is 29.8. The quantitative estimate of drug-likeness (QED) is 0.0860. The zero-order chi connectivity index (χ0) is 94.0. The van der Waals surface area contributed by atoms with Gasteiger partial charge >= 0.3 is 33.8 Å². The highest BCUT2D eigenvalue weighted by Gasteiger charge is 2.38. The second-order valence-electron chi connectivity index (χ2n) is 33.6. The summed E-state index contributed by atoms with van der Waals surface area (Å²) < 4.78 is 214. The van der Waals surface area contributed by atoms with Gasteiger partial charge in [-0.15, -0.1) is 0 Å². The Labute approximate surface area is 762 Å². The number of para-hydroxylation sites is 1. The average Bonchev–Trinajstić information content (AvgIpc) is 0.968. The van der Waals surface area contributed by atoms with Crippen LogP contribution < -0.4 is 43.2 Å². The first-order chi connectivity index (χ1) is 61.3. The lowest BCUT2D eigenvalue weighted by molar-refractivity contribution is 0.336. The van der Waals surface area contributed by atoms with Gasteiger partial charge in [0.1, 0.15) is 39.5 Å². The second kappa shape index (κ2) is 39.6. The smallest absolute Gasteiger partial charge is 0.356 e. The molecule has 0 spiro atoms. The van der Waals surface area contributed by atoms with Crippen molar-refractivity contribution < 1.29 is 90.9 Å². The van der Waals surface area contributed by atoms with Crippen LogP contribution >= 0.6 is 27.5 Å². The zero-order valence-corrected chi connectivity index (χ0v) is 79.6. The van der Waals surface area contributed by atoms with Gasteiger partial charge in [0.05, 0.1) is 13.7 Å². The summed E-state index contributed by atoms with van der Waals surface area (Å²) in [5.74, 6) is 0.457. The Morgan fingerprint density at radius 2 is 0.692 bits per heavy atom. The van der Waals surface area contributed by atoms with Gasteiger partial charge in [-0.2, -0.15) is 25.8 Å². The fourth-order valence-corrected chi connectivity index (χ4v) is 25.3. The molecule has 696 valence electrons. The van der Waals surface area contributed by atoms with Gasteiger partial charge in [0.2, 0.25) is 60.1 Å². The molecular formula is C89H97BrClFN6O26S6. The Morgan fingerprint density at radius 3 is 1.08 bits per heavy atom. The molecule has 6 aromatic heterocycles. The van der Waals surface area contributed by atoms with E-state index in [4.69, 9.17) is 47.6 Å². The van der Waals surface area contributed by atoms with Crippen LogP contribution in [0.15, 0.2) is 229 Å². The van der Waals surface area contributed by atoms with E-state index in [1.165, 1.54) is 75.4 Å². The molecule has 6 aliphatic rings. The van der Waals surface area contributed by atoms with E-state index < -0.39 is 105 Å². The summed E-state index contributed by atoms with van der Waals surface area (Å²) in [6, 6.07) is 35.6. The fraction of sp³-hybridized carbons (Fsp3) is 0.393. The molecule has 32 nitrogen and oxygen atoms in total. The number of benzene rings is 6. The number of halogens is 3. The number of ether oxygens (including phenoxy) is 2. The van der Waals surface area contributed by atoms with Crippen LogP contribution in [0, 0.1) is 5.82 Å². The van der Waals surface area contributed by atoms with Crippen molar-refractivity contribution in [1.29, 1.82) is 0 Å². The number of rotatable bonds is 15. The first-order valence-electron chi connectivity index (χ1n) is 42.0. The Morgan fingerprint density at radius 1 is 0.354 bits per heavy atom. The molecule has 6 aromatic carbocycles. The third kappa shape index (κ3) is 21.5. The number of fused-ring (bicyclic) bond motifs is 6. The van der Waals surface area contributed by atoms with Gasteiger partial charge in [0.25, 0.3) is 0 Å². The summed E-state index contributed by atoms with van der Waals surface area (Å²) in [5.41, 5.74) is -1.52. The number of nitrogens with zero attached hydrogens (tertiary/aromatic N) is 6. The highest BCUT2D eigenvalue weighted by Crippen LogP contribution is 2.38. The van der Waals surface area contributed by atoms with Gasteiger partial charge in [-0.1, -0.05) is 87.3 Å². The lowest BCUT2D eigenvalue weighted by atomic mass is 9.79. The van der Waals surface area contributed by atoms with Crippen molar-refractivity contribution >= 4 is 153 Å². The summed E-state index contributed by atoms with van der Waals surface area (Å²) >= 11 is 9.19. The van der Waals surface area contributed by atoms with Crippen molar-refractivity contribution in [2.45, 2.75) is 166 Å². The van der Waals surface area contributed by atoms with Crippen LogP contribution in [0.1, 0.15) is 137 Å². The number of sulfonamides is 6. The molecule has 0 saturated carbocycles. The van der Waals surface area contributed by atoms with Crippen molar-refractivity contribution in [3.8, 4) is 11.5 Å². The Balaban J connectivity index is 0.000000133. The summed E-state index contributed by atoms with van der Waals surface area (Å²) in [4.78, 5) is 70.6. The maximum Gasteiger partial charge on any atom is 0.356 e. The fourth-order valence-electron chi connectivity index (χ4n) is 15.5. The predicted molar refractivity (Wildman–Crippen MR) is 491 cm³/mol. The van der Waals surface area contributed by atoms with E-state index in [2.05, 4.69) is 63.5 Å². The van der Waals surface area contributed by atoms with Crippen molar-refractivity contribution in [2.24, 2.45) is 0 Å². The molecule has 6 aliphatic heterocycles. The van der Waals surface area contributed by atoms with Crippen LogP contribution in [0.3, 0.4) is 0 Å². The second-order valence-corrected chi connectivity index (χ2v) is 46.3. The third-order valence-corrected chi connectivity index (χ3v) is 34.5. The molecule has 41 heteroatoms.